The van der Waals surface area contributed by atoms with Gasteiger partial charge in [-0.15, -0.1) is 5.92 Å². The van der Waals surface area contributed by atoms with Gasteiger partial charge in [-0.25, -0.2) is 0 Å². The molecular weight excluding hydrogens is 166 g/mol. The van der Waals surface area contributed by atoms with Gasteiger partial charge in [-0.1, -0.05) is 5.92 Å². The second kappa shape index (κ2) is 5.00. The van der Waals surface area contributed by atoms with Crippen LogP contribution in [0.4, 0.5) is 0 Å². The molecule has 13 heavy (non-hydrogen) atoms. The Balaban J connectivity index is 2.48. The molecule has 0 spiro atoms. The van der Waals surface area contributed by atoms with Crippen LogP contribution in [0.2, 0.25) is 0 Å². The molecule has 1 heterocycles. The number of likely N-dealkylation sites (N-methyl/N-ethyl adjacent to an activating group) is 1. The first-order valence-corrected chi connectivity index (χ1v) is 4.47. The summed E-state index contributed by atoms with van der Waals surface area (Å²) in [5.41, 5.74) is 0. The van der Waals surface area contributed by atoms with Gasteiger partial charge in [0, 0.05) is 6.04 Å². The summed E-state index contributed by atoms with van der Waals surface area (Å²) < 4.78 is 5.23. The summed E-state index contributed by atoms with van der Waals surface area (Å²) >= 11 is 0. The molecule has 1 aliphatic heterocycles. The molecule has 2 atom stereocenters. The van der Waals surface area contributed by atoms with Gasteiger partial charge in [-0.3, -0.25) is 4.79 Å². The van der Waals surface area contributed by atoms with Crippen molar-refractivity contribution in [2.45, 2.75) is 19.4 Å². The van der Waals surface area contributed by atoms with E-state index in [9.17, 15) is 4.79 Å². The Morgan fingerprint density at radius 2 is 2.38 bits per heavy atom. The van der Waals surface area contributed by atoms with Crippen LogP contribution in [0.15, 0.2) is 0 Å². The van der Waals surface area contributed by atoms with Crippen molar-refractivity contribution in [3.05, 3.63) is 0 Å². The van der Waals surface area contributed by atoms with Crippen molar-refractivity contribution in [3.8, 4) is 11.8 Å². The minimum atomic E-state index is -0.00847. The molecule has 1 N–H and O–H groups in total. The lowest BCUT2D eigenvalue weighted by Gasteiger charge is -2.13. The number of carbonyl (C=O) groups is 1. The number of ether oxygens (including phenoxy) is 1. The Kier molecular flexibility index (Phi) is 3.94. The van der Waals surface area contributed by atoms with Crippen LogP contribution in [0.1, 0.15) is 13.3 Å². The second-order valence-electron chi connectivity index (χ2n) is 3.11. The fraction of sp³-hybridized carbons (Fsp3) is 0.700. The van der Waals surface area contributed by atoms with Crippen LogP contribution in [0.5, 0.6) is 0 Å². The van der Waals surface area contributed by atoms with Gasteiger partial charge in [-0.2, -0.15) is 0 Å². The zero-order valence-electron chi connectivity index (χ0n) is 8.09. The van der Waals surface area contributed by atoms with Crippen molar-refractivity contribution < 1.29 is 9.53 Å². The fourth-order valence-corrected chi connectivity index (χ4v) is 1.46. The van der Waals surface area contributed by atoms with Crippen LogP contribution >= 0.6 is 0 Å². The van der Waals surface area contributed by atoms with Gasteiger partial charge in [0.25, 0.3) is 0 Å². The Morgan fingerprint density at radius 1 is 1.62 bits per heavy atom. The average Bonchev–Trinajstić information content (AvgIpc) is 2.61. The second-order valence-corrected chi connectivity index (χ2v) is 3.11. The molecule has 72 valence electrons. The third-order valence-corrected chi connectivity index (χ3v) is 2.30. The number of hydrogen-bond donors (Lipinski definition) is 1. The van der Waals surface area contributed by atoms with E-state index in [0.717, 1.165) is 0 Å². The zero-order chi connectivity index (χ0) is 9.68. The van der Waals surface area contributed by atoms with E-state index >= 15 is 0 Å². The normalized spacial score (nSPS) is 26.6. The summed E-state index contributed by atoms with van der Waals surface area (Å²) in [6.45, 7) is 2.91. The molecule has 2 unspecified atom stereocenters. The van der Waals surface area contributed by atoms with E-state index in [-0.39, 0.29) is 17.7 Å². The van der Waals surface area contributed by atoms with E-state index in [2.05, 4.69) is 17.2 Å². The van der Waals surface area contributed by atoms with Crippen molar-refractivity contribution in [1.29, 1.82) is 0 Å². The third-order valence-electron chi connectivity index (χ3n) is 2.30. The highest BCUT2D eigenvalue weighted by atomic mass is 16.5. The summed E-state index contributed by atoms with van der Waals surface area (Å²) in [5.74, 6) is 5.69. The summed E-state index contributed by atoms with van der Waals surface area (Å²) in [4.78, 5) is 11.6. The highest BCUT2D eigenvalue weighted by molar-refractivity contribution is 5.84. The van der Waals surface area contributed by atoms with Crippen LogP contribution < -0.4 is 5.32 Å². The largest absolute Gasteiger partial charge is 0.379 e. The van der Waals surface area contributed by atoms with E-state index in [0.29, 0.717) is 19.6 Å². The highest BCUT2D eigenvalue weighted by Crippen LogP contribution is 2.15. The molecule has 0 saturated carbocycles. The van der Waals surface area contributed by atoms with Gasteiger partial charge in [0.05, 0.1) is 25.6 Å². The van der Waals surface area contributed by atoms with Crippen molar-refractivity contribution in [1.82, 2.24) is 5.32 Å². The molecule has 0 aliphatic carbocycles. The molecule has 1 aliphatic rings. The Bertz CT molecular complexity index is 239. The number of ketones is 1. The maximum absolute atomic E-state index is 11.6. The Labute approximate surface area is 78.8 Å². The maximum atomic E-state index is 11.6. The summed E-state index contributed by atoms with van der Waals surface area (Å²) in [5, 5.41) is 3.08. The molecule has 1 saturated heterocycles. The molecule has 0 aromatic heterocycles. The molecule has 0 amide bonds. The predicted octanol–water partition coefficient (Wildman–Crippen LogP) is 0.203. The zero-order valence-corrected chi connectivity index (χ0v) is 8.09. The SMILES string of the molecule is CC#CCC(=O)C1COCC1NC. The van der Waals surface area contributed by atoms with Crippen LogP contribution in [0, 0.1) is 17.8 Å². The third kappa shape index (κ3) is 2.55. The summed E-state index contributed by atoms with van der Waals surface area (Å²) in [7, 11) is 1.85. The molecule has 3 heteroatoms. The Hall–Kier alpha value is -0.850. The van der Waals surface area contributed by atoms with Crippen LogP contribution in [0.3, 0.4) is 0 Å². The quantitative estimate of drug-likeness (QED) is 0.632. The monoisotopic (exact) mass is 181 g/mol. The summed E-state index contributed by atoms with van der Waals surface area (Å²) in [6.07, 6.45) is 0.350. The minimum Gasteiger partial charge on any atom is -0.379 e. The first-order chi connectivity index (χ1) is 6.29. The molecular formula is C10H15NO2. The fourth-order valence-electron chi connectivity index (χ4n) is 1.46. The number of rotatable bonds is 3. The lowest BCUT2D eigenvalue weighted by atomic mass is 9.97. The van der Waals surface area contributed by atoms with E-state index in [1.807, 2.05) is 7.05 Å². The topological polar surface area (TPSA) is 38.3 Å². The molecule has 1 fully saturated rings. The molecule has 0 radical (unpaired) electrons. The molecule has 0 aromatic rings. The smallest absolute Gasteiger partial charge is 0.151 e. The lowest BCUT2D eigenvalue weighted by molar-refractivity contribution is -0.122. The average molecular weight is 181 g/mol. The number of Topliss-reactive ketones (excluding diaryl/α,β-unsaturated/α-hetero) is 1. The van der Waals surface area contributed by atoms with Crippen LogP contribution in [-0.2, 0) is 9.53 Å². The van der Waals surface area contributed by atoms with E-state index in [4.69, 9.17) is 4.74 Å². The maximum Gasteiger partial charge on any atom is 0.151 e. The molecule has 0 bridgehead atoms. The van der Waals surface area contributed by atoms with Gasteiger partial charge >= 0.3 is 0 Å². The summed E-state index contributed by atoms with van der Waals surface area (Å²) in [6, 6.07) is 0.172. The number of hydrogen-bond acceptors (Lipinski definition) is 3. The van der Waals surface area contributed by atoms with Crippen molar-refractivity contribution in [3.63, 3.8) is 0 Å². The first kappa shape index (κ1) is 10.2. The van der Waals surface area contributed by atoms with E-state index < -0.39 is 0 Å². The van der Waals surface area contributed by atoms with Gasteiger partial charge in [0.1, 0.15) is 0 Å². The van der Waals surface area contributed by atoms with Gasteiger partial charge in [0.15, 0.2) is 5.78 Å². The molecule has 3 nitrogen and oxygen atoms in total. The number of nitrogens with one attached hydrogen (secondary N) is 1. The van der Waals surface area contributed by atoms with Gasteiger partial charge < -0.3 is 10.1 Å². The first-order valence-electron chi connectivity index (χ1n) is 4.47. The minimum absolute atomic E-state index is 0.00847. The number of carbonyl (C=O) groups excluding carboxylic acids is 1. The van der Waals surface area contributed by atoms with Gasteiger partial charge in [0.2, 0.25) is 0 Å². The standard InChI is InChI=1S/C10H15NO2/c1-3-4-5-10(12)8-6-13-7-9(8)11-2/h8-9,11H,5-7H2,1-2H3. The van der Waals surface area contributed by atoms with Crippen molar-refractivity contribution >= 4 is 5.78 Å². The van der Waals surface area contributed by atoms with Crippen molar-refractivity contribution in [2.24, 2.45) is 5.92 Å². The van der Waals surface area contributed by atoms with Crippen LogP contribution in [0.25, 0.3) is 0 Å². The van der Waals surface area contributed by atoms with Gasteiger partial charge in [-0.05, 0) is 14.0 Å². The van der Waals surface area contributed by atoms with E-state index in [1.54, 1.807) is 6.92 Å². The predicted molar refractivity (Wildman–Crippen MR) is 50.2 cm³/mol. The lowest BCUT2D eigenvalue weighted by Crippen LogP contribution is -2.36. The van der Waals surface area contributed by atoms with Crippen LogP contribution in [-0.4, -0.2) is 32.1 Å². The van der Waals surface area contributed by atoms with E-state index in [1.165, 1.54) is 0 Å². The Morgan fingerprint density at radius 3 is 3.00 bits per heavy atom. The molecule has 0 aromatic carbocycles. The molecule has 1 rings (SSSR count). The van der Waals surface area contributed by atoms with Crippen molar-refractivity contribution in [2.75, 3.05) is 20.3 Å². The highest BCUT2D eigenvalue weighted by Gasteiger charge is 2.31.